The minimum absolute atomic E-state index is 0. The number of hydrogen-bond acceptors (Lipinski definition) is 0. The van der Waals surface area contributed by atoms with Gasteiger partial charge in [0.1, 0.15) is 0 Å². The molecular weight excluding hydrogens is 491 g/mol. The molecule has 5 rings (SSSR count). The van der Waals surface area contributed by atoms with Crippen molar-refractivity contribution in [1.82, 2.24) is 0 Å². The molecule has 0 bridgehead atoms. The molecule has 0 aromatic carbocycles. The summed E-state index contributed by atoms with van der Waals surface area (Å²) in [7, 11) is 0. The van der Waals surface area contributed by atoms with Crippen molar-refractivity contribution in [2.75, 3.05) is 0 Å². The molecule has 0 saturated carbocycles. The van der Waals surface area contributed by atoms with Gasteiger partial charge in [0.2, 0.25) is 0 Å². The Morgan fingerprint density at radius 1 is 0.652 bits per heavy atom. The van der Waals surface area contributed by atoms with Gasteiger partial charge in [-0.15, -0.1) is 0 Å². The molecule has 0 amide bonds. The first-order valence-electron chi connectivity index (χ1n) is 9.19. The summed E-state index contributed by atoms with van der Waals surface area (Å²) < 4.78 is 5.34. The second-order valence-electron chi connectivity index (χ2n) is 7.92. The van der Waals surface area contributed by atoms with E-state index in [1.807, 2.05) is 11.1 Å². The summed E-state index contributed by atoms with van der Waals surface area (Å²) in [4.78, 5) is 0. The Balaban J connectivity index is 0.000000781. The van der Waals surface area contributed by atoms with Gasteiger partial charge in [-0.25, -0.2) is 0 Å². The Hall–Kier alpha value is 0.803. The molecule has 0 N–H and O–H groups in total. The molecule has 4 aliphatic carbocycles. The van der Waals surface area contributed by atoms with Crippen molar-refractivity contribution in [1.29, 1.82) is 0 Å². The van der Waals surface area contributed by atoms with Gasteiger partial charge in [-0.3, -0.25) is 0 Å². The predicted octanol–water partition coefficient (Wildman–Crippen LogP) is 0.456. The van der Waals surface area contributed by atoms with Gasteiger partial charge in [-0.1, -0.05) is 0 Å². The van der Waals surface area contributed by atoms with Crippen molar-refractivity contribution in [3.63, 3.8) is 0 Å². The SMILES string of the molecule is C1=C[CH]([Zr+2]2([CH]3C=CC4=C3CCCC4)[CH2][CH2]2)C2=C1CCCC2.[Br-].[Br-]. The molecule has 2 atom stereocenters. The van der Waals surface area contributed by atoms with Gasteiger partial charge >= 0.3 is 134 Å². The fraction of sp³-hybridized carbons (Fsp3) is 0.600. The maximum atomic E-state index is 2.69. The summed E-state index contributed by atoms with van der Waals surface area (Å²) in [5.74, 6) is 0. The van der Waals surface area contributed by atoms with E-state index in [0.29, 0.717) is 0 Å². The van der Waals surface area contributed by atoms with Crippen LogP contribution in [0.1, 0.15) is 51.4 Å². The molecule has 23 heavy (non-hydrogen) atoms. The first-order valence-corrected chi connectivity index (χ1v) is 15.5. The molecule has 0 aromatic rings. The summed E-state index contributed by atoms with van der Waals surface area (Å²) in [5, 5.41) is 0. The van der Waals surface area contributed by atoms with Gasteiger partial charge in [-0.05, 0) is 0 Å². The molecule has 1 saturated heterocycles. The van der Waals surface area contributed by atoms with E-state index < -0.39 is 20.3 Å². The predicted molar refractivity (Wildman–Crippen MR) is 86.4 cm³/mol. The van der Waals surface area contributed by atoms with Crippen LogP contribution in [0.4, 0.5) is 0 Å². The van der Waals surface area contributed by atoms with Crippen molar-refractivity contribution >= 4 is 0 Å². The maximum Gasteiger partial charge on any atom is -1.00 e. The van der Waals surface area contributed by atoms with Crippen molar-refractivity contribution in [3.8, 4) is 0 Å². The third-order valence-electron chi connectivity index (χ3n) is 6.91. The van der Waals surface area contributed by atoms with Gasteiger partial charge in [0, 0.05) is 0 Å². The topological polar surface area (TPSA) is 0 Å². The van der Waals surface area contributed by atoms with Crippen LogP contribution >= 0.6 is 0 Å². The third kappa shape index (κ3) is 2.95. The van der Waals surface area contributed by atoms with Crippen LogP contribution in [0.5, 0.6) is 0 Å². The second-order valence-corrected chi connectivity index (χ2v) is 19.5. The maximum absolute atomic E-state index is 2.69. The zero-order valence-electron chi connectivity index (χ0n) is 13.8. The van der Waals surface area contributed by atoms with E-state index in [0.717, 1.165) is 7.25 Å². The smallest absolute Gasteiger partial charge is 1.00 e. The molecule has 1 fully saturated rings. The summed E-state index contributed by atoms with van der Waals surface area (Å²) in [6.07, 6.45) is 21.9. The summed E-state index contributed by atoms with van der Waals surface area (Å²) in [6.45, 7) is 0. The van der Waals surface area contributed by atoms with Gasteiger partial charge in [0.25, 0.3) is 0 Å². The quantitative estimate of drug-likeness (QED) is 0.500. The van der Waals surface area contributed by atoms with Gasteiger partial charge in [-0.2, -0.15) is 0 Å². The van der Waals surface area contributed by atoms with Crippen LogP contribution in [-0.4, -0.2) is 0 Å². The molecule has 124 valence electrons. The molecule has 3 heteroatoms. The van der Waals surface area contributed by atoms with Gasteiger partial charge in [0.05, 0.1) is 0 Å². The minimum atomic E-state index is -1.96. The van der Waals surface area contributed by atoms with Crippen LogP contribution in [0.25, 0.3) is 0 Å². The van der Waals surface area contributed by atoms with E-state index in [2.05, 4.69) is 24.3 Å². The molecule has 0 aromatic heterocycles. The van der Waals surface area contributed by atoms with E-state index in [-0.39, 0.29) is 34.0 Å². The number of rotatable bonds is 2. The molecule has 2 unspecified atom stereocenters. The van der Waals surface area contributed by atoms with E-state index in [4.69, 9.17) is 0 Å². The average molecular weight is 517 g/mol. The van der Waals surface area contributed by atoms with Crippen LogP contribution in [0.15, 0.2) is 46.6 Å². The van der Waals surface area contributed by atoms with E-state index in [1.165, 1.54) is 51.4 Å². The summed E-state index contributed by atoms with van der Waals surface area (Å²) in [5.41, 5.74) is 7.42. The number of allylic oxidation sites excluding steroid dienone is 8. The zero-order chi connectivity index (χ0) is 13.9. The Bertz CT molecular complexity index is 557. The Morgan fingerprint density at radius 3 is 1.52 bits per heavy atom. The van der Waals surface area contributed by atoms with E-state index in [1.54, 1.807) is 19.4 Å². The molecule has 5 aliphatic rings. The van der Waals surface area contributed by atoms with Crippen LogP contribution < -0.4 is 34.0 Å². The second kappa shape index (κ2) is 7.20. The molecule has 0 spiro atoms. The monoisotopic (exact) mass is 514 g/mol. The molecule has 1 aliphatic heterocycles. The molecule has 1 heterocycles. The Labute approximate surface area is 166 Å². The number of hydrogen-bond donors (Lipinski definition) is 0. The number of halogens is 2. The summed E-state index contributed by atoms with van der Waals surface area (Å²) in [6, 6.07) is 0. The van der Waals surface area contributed by atoms with E-state index in [9.17, 15) is 0 Å². The third-order valence-corrected chi connectivity index (χ3v) is 19.7. The largest absolute Gasteiger partial charge is 1.00 e. The first-order chi connectivity index (χ1) is 10.4. The Morgan fingerprint density at radius 2 is 1.09 bits per heavy atom. The van der Waals surface area contributed by atoms with Crippen molar-refractivity contribution in [2.45, 2.75) is 66.9 Å². The molecular formula is C20H26Br2Zr. The van der Waals surface area contributed by atoms with Crippen molar-refractivity contribution in [2.24, 2.45) is 0 Å². The van der Waals surface area contributed by atoms with Gasteiger partial charge < -0.3 is 34.0 Å². The average Bonchev–Trinajstić information content (AvgIpc) is 3.03. The Kier molecular flexibility index (Phi) is 5.82. The summed E-state index contributed by atoms with van der Waals surface area (Å²) >= 11 is -1.96. The normalized spacial score (nSPS) is 31.7. The molecule has 0 radical (unpaired) electrons. The zero-order valence-corrected chi connectivity index (χ0v) is 19.4. The first kappa shape index (κ1) is 18.6. The van der Waals surface area contributed by atoms with Crippen LogP contribution in [0.2, 0.25) is 15.5 Å². The molecule has 0 nitrogen and oxygen atoms in total. The van der Waals surface area contributed by atoms with E-state index >= 15 is 0 Å². The van der Waals surface area contributed by atoms with Crippen LogP contribution in [0, 0.1) is 0 Å². The fourth-order valence-corrected chi connectivity index (χ4v) is 22.0. The van der Waals surface area contributed by atoms with Crippen molar-refractivity contribution < 1.29 is 54.2 Å². The minimum Gasteiger partial charge on any atom is -1.00 e. The van der Waals surface area contributed by atoms with Gasteiger partial charge in [0.15, 0.2) is 0 Å². The van der Waals surface area contributed by atoms with Crippen LogP contribution in [-0.2, 0) is 20.3 Å². The fourth-order valence-electron chi connectivity index (χ4n) is 5.69. The standard InChI is InChI=1S/2C9H11.C2H4.2BrH.Zr/c2*1-2-5-9-7-3-6-8(9)4-1;1-2;;;/h2*3,6-7H,1-2,4-5H2;1-2H2;2*1H;/q;;;;;+2/p-2. The van der Waals surface area contributed by atoms with Crippen LogP contribution in [0.3, 0.4) is 0 Å². The van der Waals surface area contributed by atoms with Crippen molar-refractivity contribution in [3.05, 3.63) is 46.6 Å².